The van der Waals surface area contributed by atoms with Gasteiger partial charge in [-0.05, 0) is 25.3 Å². The fourth-order valence-electron chi connectivity index (χ4n) is 2.13. The van der Waals surface area contributed by atoms with E-state index in [9.17, 15) is 0 Å². The maximum atomic E-state index is 8.71. The Morgan fingerprint density at radius 2 is 2.40 bits per heavy atom. The van der Waals surface area contributed by atoms with E-state index in [1.807, 2.05) is 0 Å². The highest BCUT2D eigenvalue weighted by molar-refractivity contribution is 5.11. The first-order valence-electron chi connectivity index (χ1n) is 4.02. The third kappa shape index (κ3) is 0.674. The van der Waals surface area contributed by atoms with Crippen molar-refractivity contribution in [2.24, 2.45) is 5.92 Å². The van der Waals surface area contributed by atoms with Crippen molar-refractivity contribution in [2.45, 2.75) is 31.8 Å². The van der Waals surface area contributed by atoms with Gasteiger partial charge in [0.05, 0.1) is 12.1 Å². The van der Waals surface area contributed by atoms with Gasteiger partial charge in [-0.3, -0.25) is 4.90 Å². The van der Waals surface area contributed by atoms with Crippen molar-refractivity contribution in [1.82, 2.24) is 4.90 Å². The summed E-state index contributed by atoms with van der Waals surface area (Å²) in [7, 11) is 0. The fourth-order valence-corrected chi connectivity index (χ4v) is 2.13. The Morgan fingerprint density at radius 1 is 1.60 bits per heavy atom. The van der Waals surface area contributed by atoms with E-state index in [4.69, 9.17) is 5.26 Å². The lowest BCUT2D eigenvalue weighted by Gasteiger charge is -2.19. The summed E-state index contributed by atoms with van der Waals surface area (Å²) in [5, 5.41) is 8.71. The van der Waals surface area contributed by atoms with Crippen LogP contribution in [-0.2, 0) is 0 Å². The molecule has 54 valence electrons. The average Bonchev–Trinajstić information content (AvgIpc) is 2.63. The predicted octanol–water partition coefficient (Wildman–Crippen LogP) is 0.993. The Hall–Kier alpha value is -0.550. The lowest BCUT2D eigenvalue weighted by Crippen LogP contribution is -2.31. The highest BCUT2D eigenvalue weighted by Crippen LogP contribution is 2.47. The van der Waals surface area contributed by atoms with Crippen LogP contribution in [0.3, 0.4) is 0 Å². The fraction of sp³-hybridized carbons (Fsp3) is 0.875. The number of hydrogen-bond donors (Lipinski definition) is 0. The Bertz CT molecular complexity index is 182. The van der Waals surface area contributed by atoms with Crippen LogP contribution in [-0.4, -0.2) is 23.5 Å². The van der Waals surface area contributed by atoms with Gasteiger partial charge in [-0.25, -0.2) is 0 Å². The highest BCUT2D eigenvalue weighted by Gasteiger charge is 2.51. The lowest BCUT2D eigenvalue weighted by atomic mass is 10.2. The largest absolute Gasteiger partial charge is 0.285 e. The molecule has 0 amide bonds. The molecule has 2 heteroatoms. The van der Waals surface area contributed by atoms with Crippen LogP contribution >= 0.6 is 0 Å². The number of hydrogen-bond acceptors (Lipinski definition) is 2. The molecule has 2 fully saturated rings. The van der Waals surface area contributed by atoms with Crippen LogP contribution < -0.4 is 0 Å². The third-order valence-electron chi connectivity index (χ3n) is 2.75. The molecule has 1 aliphatic heterocycles. The Morgan fingerprint density at radius 3 is 2.90 bits per heavy atom. The smallest absolute Gasteiger partial charge is 0.0983 e. The van der Waals surface area contributed by atoms with Gasteiger partial charge in [0, 0.05) is 6.04 Å². The molecule has 1 heterocycles. The Kier molecular flexibility index (Phi) is 1.21. The van der Waals surface area contributed by atoms with E-state index in [0.717, 1.165) is 24.9 Å². The van der Waals surface area contributed by atoms with Crippen LogP contribution in [0.4, 0.5) is 0 Å². The molecule has 0 N–H and O–H groups in total. The van der Waals surface area contributed by atoms with Crippen LogP contribution in [0.5, 0.6) is 0 Å². The van der Waals surface area contributed by atoms with E-state index < -0.39 is 0 Å². The van der Waals surface area contributed by atoms with Crippen molar-refractivity contribution < 1.29 is 0 Å². The Balaban J connectivity index is 2.07. The van der Waals surface area contributed by atoms with E-state index in [1.54, 1.807) is 0 Å². The second kappa shape index (κ2) is 1.96. The van der Waals surface area contributed by atoms with Crippen LogP contribution in [0.2, 0.25) is 0 Å². The lowest BCUT2D eigenvalue weighted by molar-refractivity contribution is 0.270. The summed E-state index contributed by atoms with van der Waals surface area (Å²) in [5.74, 6) is 0.879. The standard InChI is InChI=1S/C8H12N2/c1-2-10-7(5-9)3-6-4-8(6)10/h6-8H,2-4H2,1H3. The maximum absolute atomic E-state index is 8.71. The SMILES string of the molecule is CCN1C(C#N)CC2CC21. The van der Waals surface area contributed by atoms with Gasteiger partial charge in [0.15, 0.2) is 0 Å². The molecular weight excluding hydrogens is 124 g/mol. The van der Waals surface area contributed by atoms with Crippen molar-refractivity contribution in [1.29, 1.82) is 5.26 Å². The molecule has 0 aromatic rings. The number of rotatable bonds is 1. The van der Waals surface area contributed by atoms with Crippen molar-refractivity contribution in [3.63, 3.8) is 0 Å². The quantitative estimate of drug-likeness (QED) is 0.537. The molecule has 2 nitrogen and oxygen atoms in total. The first-order chi connectivity index (χ1) is 4.86. The van der Waals surface area contributed by atoms with E-state index in [1.165, 1.54) is 6.42 Å². The van der Waals surface area contributed by atoms with Gasteiger partial charge in [0.25, 0.3) is 0 Å². The molecule has 1 saturated carbocycles. The molecule has 0 aromatic carbocycles. The zero-order valence-corrected chi connectivity index (χ0v) is 6.25. The molecule has 0 aromatic heterocycles. The van der Waals surface area contributed by atoms with Gasteiger partial charge in [0.1, 0.15) is 0 Å². The number of nitrogens with zero attached hydrogens (tertiary/aromatic N) is 2. The van der Waals surface area contributed by atoms with E-state index in [-0.39, 0.29) is 6.04 Å². The topological polar surface area (TPSA) is 27.0 Å². The van der Waals surface area contributed by atoms with Gasteiger partial charge >= 0.3 is 0 Å². The predicted molar refractivity (Wildman–Crippen MR) is 38.3 cm³/mol. The summed E-state index contributed by atoms with van der Waals surface area (Å²) in [6, 6.07) is 3.38. The monoisotopic (exact) mass is 136 g/mol. The molecule has 0 radical (unpaired) electrons. The zero-order valence-electron chi connectivity index (χ0n) is 6.25. The van der Waals surface area contributed by atoms with Crippen molar-refractivity contribution in [3.05, 3.63) is 0 Å². The molecule has 1 aliphatic carbocycles. The van der Waals surface area contributed by atoms with Gasteiger partial charge in [-0.15, -0.1) is 0 Å². The van der Waals surface area contributed by atoms with Crippen molar-refractivity contribution in [3.8, 4) is 6.07 Å². The summed E-state index contributed by atoms with van der Waals surface area (Å²) in [6.45, 7) is 3.20. The third-order valence-corrected chi connectivity index (χ3v) is 2.75. The van der Waals surface area contributed by atoms with Gasteiger partial charge in [0.2, 0.25) is 0 Å². The minimum Gasteiger partial charge on any atom is -0.285 e. The molecule has 3 unspecified atom stereocenters. The Labute approximate surface area is 61.4 Å². The van der Waals surface area contributed by atoms with E-state index in [2.05, 4.69) is 17.9 Å². The summed E-state index contributed by atoms with van der Waals surface area (Å²) in [4.78, 5) is 2.34. The molecule has 0 spiro atoms. The molecule has 3 atom stereocenters. The molecule has 2 aliphatic rings. The second-order valence-electron chi connectivity index (χ2n) is 3.27. The van der Waals surface area contributed by atoms with Crippen molar-refractivity contribution in [2.75, 3.05) is 6.54 Å². The summed E-state index contributed by atoms with van der Waals surface area (Å²) < 4.78 is 0. The van der Waals surface area contributed by atoms with Crippen molar-refractivity contribution >= 4 is 0 Å². The van der Waals surface area contributed by atoms with E-state index in [0.29, 0.717) is 0 Å². The molecular formula is C8H12N2. The molecule has 2 rings (SSSR count). The normalized spacial score (nSPS) is 44.6. The molecule has 1 saturated heterocycles. The summed E-state index contributed by atoms with van der Waals surface area (Å²) in [5.41, 5.74) is 0. The number of piperidine rings is 1. The molecule has 10 heavy (non-hydrogen) atoms. The summed E-state index contributed by atoms with van der Waals surface area (Å²) >= 11 is 0. The van der Waals surface area contributed by atoms with Crippen LogP contribution in [0.25, 0.3) is 0 Å². The molecule has 0 bridgehead atoms. The minimum absolute atomic E-state index is 0.244. The van der Waals surface area contributed by atoms with Gasteiger partial charge < -0.3 is 0 Å². The second-order valence-corrected chi connectivity index (χ2v) is 3.27. The number of fused-ring (bicyclic) bond motifs is 1. The summed E-state index contributed by atoms with van der Waals surface area (Å²) in [6.07, 6.45) is 2.49. The first kappa shape index (κ1) is 6.18. The zero-order chi connectivity index (χ0) is 7.14. The first-order valence-corrected chi connectivity index (χ1v) is 4.02. The number of likely N-dealkylation sites (tertiary alicyclic amines) is 1. The van der Waals surface area contributed by atoms with Crippen LogP contribution in [0.15, 0.2) is 0 Å². The van der Waals surface area contributed by atoms with Crippen LogP contribution in [0, 0.1) is 17.2 Å². The minimum atomic E-state index is 0.244. The maximum Gasteiger partial charge on any atom is 0.0983 e. The average molecular weight is 136 g/mol. The van der Waals surface area contributed by atoms with Crippen LogP contribution in [0.1, 0.15) is 19.8 Å². The van der Waals surface area contributed by atoms with E-state index >= 15 is 0 Å². The number of nitriles is 1. The van der Waals surface area contributed by atoms with Gasteiger partial charge in [-0.2, -0.15) is 5.26 Å². The van der Waals surface area contributed by atoms with Gasteiger partial charge in [-0.1, -0.05) is 6.92 Å². The highest BCUT2D eigenvalue weighted by atomic mass is 15.2.